The van der Waals surface area contributed by atoms with Crippen molar-refractivity contribution in [3.8, 4) is 22.3 Å². The highest BCUT2D eigenvalue weighted by Crippen LogP contribution is 2.51. The maximum absolute atomic E-state index is 6.45. The van der Waals surface area contributed by atoms with Gasteiger partial charge in [-0.05, 0) is 82.8 Å². The van der Waals surface area contributed by atoms with Crippen LogP contribution in [0, 0.1) is 6.92 Å². The molecule has 0 fully saturated rings. The number of furan rings is 1. The molecule has 0 N–H and O–H groups in total. The molecule has 0 atom stereocenters. The molecule has 6 aromatic carbocycles. The van der Waals surface area contributed by atoms with Crippen LogP contribution in [-0.2, 0) is 5.41 Å². The first kappa shape index (κ1) is 24.7. The number of anilines is 3. The summed E-state index contributed by atoms with van der Waals surface area (Å²) < 4.78 is 6.45. The summed E-state index contributed by atoms with van der Waals surface area (Å²) in [5, 5.41) is 2.30. The first-order valence-corrected chi connectivity index (χ1v) is 14.6. The first-order valence-electron chi connectivity index (χ1n) is 14.6. The Bertz CT molecular complexity index is 2120. The Morgan fingerprint density at radius 3 is 2.05 bits per heavy atom. The third kappa shape index (κ3) is 3.65. The van der Waals surface area contributed by atoms with Gasteiger partial charge in [0, 0.05) is 33.1 Å². The van der Waals surface area contributed by atoms with Crippen LogP contribution in [0.4, 0.5) is 17.1 Å². The molecule has 0 aliphatic heterocycles. The monoisotopic (exact) mass is 541 g/mol. The van der Waals surface area contributed by atoms with E-state index in [4.69, 9.17) is 4.42 Å². The van der Waals surface area contributed by atoms with Crippen molar-refractivity contribution < 1.29 is 4.42 Å². The second-order valence-electron chi connectivity index (χ2n) is 11.8. The van der Waals surface area contributed by atoms with Crippen molar-refractivity contribution in [2.45, 2.75) is 26.2 Å². The molecule has 2 nitrogen and oxygen atoms in total. The highest BCUT2D eigenvalue weighted by molar-refractivity contribution is 6.07. The lowest BCUT2D eigenvalue weighted by Gasteiger charge is -2.29. The van der Waals surface area contributed by atoms with E-state index < -0.39 is 0 Å². The fourth-order valence-corrected chi connectivity index (χ4v) is 6.85. The van der Waals surface area contributed by atoms with Gasteiger partial charge in [-0.2, -0.15) is 0 Å². The Labute approximate surface area is 246 Å². The van der Waals surface area contributed by atoms with Crippen LogP contribution >= 0.6 is 0 Å². The second kappa shape index (κ2) is 9.22. The van der Waals surface area contributed by atoms with E-state index in [1.807, 2.05) is 6.07 Å². The summed E-state index contributed by atoms with van der Waals surface area (Å²) in [6.45, 7) is 6.86. The molecule has 0 amide bonds. The molecule has 202 valence electrons. The van der Waals surface area contributed by atoms with E-state index in [1.54, 1.807) is 0 Å². The molecule has 8 rings (SSSR count). The van der Waals surface area contributed by atoms with Crippen LogP contribution in [-0.4, -0.2) is 0 Å². The Balaban J connectivity index is 1.33. The molecule has 1 aliphatic rings. The summed E-state index contributed by atoms with van der Waals surface area (Å²) in [4.78, 5) is 2.38. The summed E-state index contributed by atoms with van der Waals surface area (Å²) in [5.41, 5.74) is 14.1. The van der Waals surface area contributed by atoms with Gasteiger partial charge in [0.1, 0.15) is 11.2 Å². The van der Waals surface area contributed by atoms with Gasteiger partial charge in [-0.15, -0.1) is 0 Å². The first-order chi connectivity index (χ1) is 20.5. The zero-order chi connectivity index (χ0) is 28.4. The van der Waals surface area contributed by atoms with Crippen molar-refractivity contribution >= 4 is 39.0 Å². The summed E-state index contributed by atoms with van der Waals surface area (Å²) in [6.07, 6.45) is 0. The van der Waals surface area contributed by atoms with Crippen LogP contribution in [0.3, 0.4) is 0 Å². The molecule has 1 aliphatic carbocycles. The molecule has 0 saturated carbocycles. The minimum atomic E-state index is -0.0808. The lowest BCUT2D eigenvalue weighted by molar-refractivity contribution is 0.660. The molecule has 0 unspecified atom stereocenters. The maximum Gasteiger partial charge on any atom is 0.140 e. The smallest absolute Gasteiger partial charge is 0.140 e. The number of hydrogen-bond donors (Lipinski definition) is 0. The van der Waals surface area contributed by atoms with Gasteiger partial charge in [0.15, 0.2) is 0 Å². The predicted octanol–water partition coefficient (Wildman–Crippen LogP) is 11.3. The molecule has 1 heterocycles. The largest absolute Gasteiger partial charge is 0.456 e. The number of para-hydroxylation sites is 1. The lowest BCUT2D eigenvalue weighted by Crippen LogP contribution is -2.17. The fraction of sp³-hybridized carbons (Fsp3) is 0.100. The quantitative estimate of drug-likeness (QED) is 0.220. The van der Waals surface area contributed by atoms with Gasteiger partial charge >= 0.3 is 0 Å². The topological polar surface area (TPSA) is 16.4 Å². The van der Waals surface area contributed by atoms with Crippen molar-refractivity contribution in [1.82, 2.24) is 0 Å². The SMILES string of the molecule is Cc1c(N(c2ccc(-c3ccccc3)cc2)c2ccc3c(c2)C(C)(C)c2ccccc2-3)ccc2c1oc1ccccc12. The van der Waals surface area contributed by atoms with E-state index in [0.29, 0.717) is 0 Å². The summed E-state index contributed by atoms with van der Waals surface area (Å²) in [7, 11) is 0. The lowest BCUT2D eigenvalue weighted by atomic mass is 9.82. The third-order valence-electron chi connectivity index (χ3n) is 9.07. The highest BCUT2D eigenvalue weighted by atomic mass is 16.3. The van der Waals surface area contributed by atoms with Crippen molar-refractivity contribution in [3.63, 3.8) is 0 Å². The van der Waals surface area contributed by atoms with Crippen LogP contribution in [0.2, 0.25) is 0 Å². The number of hydrogen-bond acceptors (Lipinski definition) is 2. The predicted molar refractivity (Wildman–Crippen MR) is 176 cm³/mol. The fourth-order valence-electron chi connectivity index (χ4n) is 6.85. The average molecular weight is 542 g/mol. The van der Waals surface area contributed by atoms with E-state index >= 15 is 0 Å². The van der Waals surface area contributed by atoms with E-state index in [9.17, 15) is 0 Å². The molecular weight excluding hydrogens is 510 g/mol. The average Bonchev–Trinajstić information content (AvgIpc) is 3.52. The van der Waals surface area contributed by atoms with Crippen LogP contribution in [0.15, 0.2) is 138 Å². The van der Waals surface area contributed by atoms with Crippen molar-refractivity contribution in [2.75, 3.05) is 4.90 Å². The standard InChI is InChI=1S/C40H31NO/c1-26-37(24-23-34-33-14-8-10-16-38(33)42-39(26)34)41(29-19-17-28(18-20-29)27-11-5-4-6-12-27)30-21-22-32-31-13-7-9-15-35(31)40(2,3)36(32)25-30/h4-25H,1-3H3. The van der Waals surface area contributed by atoms with Crippen LogP contribution in [0.25, 0.3) is 44.2 Å². The van der Waals surface area contributed by atoms with Gasteiger partial charge < -0.3 is 9.32 Å². The Kier molecular flexibility index (Phi) is 5.42. The summed E-state index contributed by atoms with van der Waals surface area (Å²) in [6, 6.07) is 48.0. The highest BCUT2D eigenvalue weighted by Gasteiger charge is 2.35. The zero-order valence-corrected chi connectivity index (χ0v) is 24.1. The molecule has 0 saturated heterocycles. The van der Waals surface area contributed by atoms with E-state index in [0.717, 1.165) is 44.6 Å². The van der Waals surface area contributed by atoms with Crippen molar-refractivity contribution in [2.24, 2.45) is 0 Å². The Morgan fingerprint density at radius 2 is 1.21 bits per heavy atom. The second-order valence-corrected chi connectivity index (χ2v) is 11.8. The number of rotatable bonds is 4. The molecule has 7 aromatic rings. The van der Waals surface area contributed by atoms with Gasteiger partial charge in [0.25, 0.3) is 0 Å². The molecule has 1 aromatic heterocycles. The number of aryl methyl sites for hydroxylation is 1. The van der Waals surface area contributed by atoms with E-state index in [1.165, 1.54) is 33.4 Å². The number of fused-ring (bicyclic) bond motifs is 6. The summed E-state index contributed by atoms with van der Waals surface area (Å²) >= 11 is 0. The van der Waals surface area contributed by atoms with Gasteiger partial charge in [-0.1, -0.05) is 105 Å². The Morgan fingerprint density at radius 1 is 0.548 bits per heavy atom. The maximum atomic E-state index is 6.45. The van der Waals surface area contributed by atoms with Crippen molar-refractivity contribution in [3.05, 3.63) is 150 Å². The normalized spacial score (nSPS) is 13.3. The molecule has 42 heavy (non-hydrogen) atoms. The van der Waals surface area contributed by atoms with Gasteiger partial charge in [-0.3, -0.25) is 0 Å². The molecular formula is C40H31NO. The molecule has 2 heteroatoms. The van der Waals surface area contributed by atoms with E-state index in [2.05, 4.69) is 153 Å². The van der Waals surface area contributed by atoms with Crippen LogP contribution in [0.5, 0.6) is 0 Å². The molecule has 0 bridgehead atoms. The molecule has 0 spiro atoms. The van der Waals surface area contributed by atoms with Gasteiger partial charge in [0.2, 0.25) is 0 Å². The Hall–Kier alpha value is -5.08. The van der Waals surface area contributed by atoms with E-state index in [-0.39, 0.29) is 5.41 Å². The summed E-state index contributed by atoms with van der Waals surface area (Å²) in [5.74, 6) is 0. The van der Waals surface area contributed by atoms with Gasteiger partial charge in [0.05, 0.1) is 5.69 Å². The minimum absolute atomic E-state index is 0.0808. The van der Waals surface area contributed by atoms with Crippen LogP contribution < -0.4 is 4.90 Å². The third-order valence-corrected chi connectivity index (χ3v) is 9.07. The number of benzene rings is 6. The zero-order valence-electron chi connectivity index (χ0n) is 24.1. The van der Waals surface area contributed by atoms with Crippen LogP contribution in [0.1, 0.15) is 30.5 Å². The minimum Gasteiger partial charge on any atom is -0.456 e. The molecule has 0 radical (unpaired) electrons. The van der Waals surface area contributed by atoms with Crippen molar-refractivity contribution in [1.29, 1.82) is 0 Å². The van der Waals surface area contributed by atoms with Gasteiger partial charge in [-0.25, -0.2) is 0 Å². The number of nitrogens with zero attached hydrogens (tertiary/aromatic N) is 1.